The van der Waals surface area contributed by atoms with Crippen molar-refractivity contribution in [2.75, 3.05) is 25.3 Å². The number of hydrogen-bond acceptors (Lipinski definition) is 9. The number of nitrogens with one attached hydrogen (secondary N) is 1. The molecule has 11 heteroatoms. The summed E-state index contributed by atoms with van der Waals surface area (Å²) in [5, 5.41) is 14.2. The summed E-state index contributed by atoms with van der Waals surface area (Å²) in [5.41, 5.74) is 4.14. The second-order valence-electron chi connectivity index (χ2n) is 8.82. The number of nitrogens with zero attached hydrogens (tertiary/aromatic N) is 3. The Bertz CT molecular complexity index is 1480. The lowest BCUT2D eigenvalue weighted by molar-refractivity contribution is -0.113. The molecular formula is C28H30N4O5S2. The van der Waals surface area contributed by atoms with E-state index in [-0.39, 0.29) is 17.8 Å². The third-order valence-corrected chi connectivity index (χ3v) is 8.11. The molecule has 0 saturated heterocycles. The number of thioether (sulfide) groups is 1. The molecule has 0 aliphatic rings. The average Bonchev–Trinajstić information content (AvgIpc) is 3.52. The normalized spacial score (nSPS) is 11.6. The van der Waals surface area contributed by atoms with Crippen LogP contribution >= 0.6 is 23.1 Å². The Morgan fingerprint density at radius 1 is 1.05 bits per heavy atom. The van der Waals surface area contributed by atoms with Gasteiger partial charge in [0.05, 0.1) is 20.0 Å². The Kier molecular flexibility index (Phi) is 8.93. The molecule has 2 aromatic heterocycles. The highest BCUT2D eigenvalue weighted by atomic mass is 32.2. The quantitative estimate of drug-likeness (QED) is 0.189. The lowest BCUT2D eigenvalue weighted by Gasteiger charge is -2.15. The molecule has 4 aromatic rings. The van der Waals surface area contributed by atoms with Crippen molar-refractivity contribution >= 4 is 40.0 Å². The average molecular weight is 567 g/mol. The molecule has 0 radical (unpaired) electrons. The fourth-order valence-corrected chi connectivity index (χ4v) is 5.57. The van der Waals surface area contributed by atoms with Gasteiger partial charge in [0.25, 0.3) is 0 Å². The monoisotopic (exact) mass is 566 g/mol. The molecule has 0 aliphatic carbocycles. The Morgan fingerprint density at radius 3 is 2.44 bits per heavy atom. The van der Waals surface area contributed by atoms with E-state index in [0.29, 0.717) is 32.9 Å². The predicted octanol–water partition coefficient (Wildman–Crippen LogP) is 5.83. The largest absolute Gasteiger partial charge is 0.497 e. The van der Waals surface area contributed by atoms with Crippen LogP contribution in [0.3, 0.4) is 0 Å². The van der Waals surface area contributed by atoms with Crippen LogP contribution < -0.4 is 14.8 Å². The van der Waals surface area contributed by atoms with Gasteiger partial charge in [-0.05, 0) is 61.7 Å². The summed E-state index contributed by atoms with van der Waals surface area (Å²) in [6.07, 6.45) is -0.335. The SMILES string of the molecule is COC(=O)c1c(-c2ccc(OC)cc2)csc1NC(=O)CSc1nnc(C(C)Oc2ccc(C)c(C)c2)n1C. The highest BCUT2D eigenvalue weighted by Crippen LogP contribution is 2.37. The first kappa shape index (κ1) is 28.2. The van der Waals surface area contributed by atoms with Crippen LogP contribution in [0.4, 0.5) is 5.00 Å². The molecule has 204 valence electrons. The molecule has 1 amide bonds. The fraction of sp³-hybridized carbons (Fsp3) is 0.286. The van der Waals surface area contributed by atoms with Crippen molar-refractivity contribution in [3.63, 3.8) is 0 Å². The Hall–Kier alpha value is -3.83. The third-order valence-electron chi connectivity index (χ3n) is 6.19. The maximum atomic E-state index is 12.9. The van der Waals surface area contributed by atoms with Crippen molar-refractivity contribution in [3.8, 4) is 22.6 Å². The van der Waals surface area contributed by atoms with Crippen molar-refractivity contribution < 1.29 is 23.8 Å². The summed E-state index contributed by atoms with van der Waals surface area (Å²) in [6.45, 7) is 6.00. The van der Waals surface area contributed by atoms with Crippen LogP contribution in [0, 0.1) is 13.8 Å². The summed E-state index contributed by atoms with van der Waals surface area (Å²) >= 11 is 2.51. The van der Waals surface area contributed by atoms with E-state index in [9.17, 15) is 9.59 Å². The van der Waals surface area contributed by atoms with E-state index >= 15 is 0 Å². The number of amides is 1. The highest BCUT2D eigenvalue weighted by molar-refractivity contribution is 7.99. The topological polar surface area (TPSA) is 105 Å². The molecule has 4 rings (SSSR count). The number of aryl methyl sites for hydroxylation is 2. The minimum Gasteiger partial charge on any atom is -0.497 e. The van der Waals surface area contributed by atoms with Crippen molar-refractivity contribution in [1.82, 2.24) is 14.8 Å². The molecule has 2 heterocycles. The number of carbonyl (C=O) groups excluding carboxylic acids is 2. The number of esters is 1. The Morgan fingerprint density at radius 2 is 1.77 bits per heavy atom. The van der Waals surface area contributed by atoms with Crippen molar-refractivity contribution in [2.24, 2.45) is 7.05 Å². The number of benzene rings is 2. The van der Waals surface area contributed by atoms with Crippen LogP contribution in [0.2, 0.25) is 0 Å². The van der Waals surface area contributed by atoms with E-state index in [4.69, 9.17) is 14.2 Å². The lowest BCUT2D eigenvalue weighted by Crippen LogP contribution is -2.16. The number of methoxy groups -OCH3 is 2. The maximum absolute atomic E-state index is 12.9. The molecule has 1 N–H and O–H groups in total. The summed E-state index contributed by atoms with van der Waals surface area (Å²) in [4.78, 5) is 25.5. The lowest BCUT2D eigenvalue weighted by atomic mass is 10.0. The maximum Gasteiger partial charge on any atom is 0.341 e. The van der Waals surface area contributed by atoms with Gasteiger partial charge in [0, 0.05) is 18.0 Å². The fourth-order valence-electron chi connectivity index (χ4n) is 3.88. The Labute approximate surface area is 235 Å². The highest BCUT2D eigenvalue weighted by Gasteiger charge is 2.23. The van der Waals surface area contributed by atoms with E-state index in [2.05, 4.69) is 22.4 Å². The van der Waals surface area contributed by atoms with Gasteiger partial charge in [-0.1, -0.05) is 30.0 Å². The van der Waals surface area contributed by atoms with Gasteiger partial charge < -0.3 is 24.1 Å². The van der Waals surface area contributed by atoms with Crippen LogP contribution in [-0.4, -0.2) is 46.6 Å². The summed E-state index contributed by atoms with van der Waals surface area (Å²) in [5.74, 6) is 1.38. The molecule has 0 aliphatic heterocycles. The summed E-state index contributed by atoms with van der Waals surface area (Å²) in [7, 11) is 4.74. The van der Waals surface area contributed by atoms with E-state index in [1.54, 1.807) is 7.11 Å². The smallest absolute Gasteiger partial charge is 0.341 e. The van der Waals surface area contributed by atoms with Crippen LogP contribution in [0.15, 0.2) is 53.0 Å². The second kappa shape index (κ2) is 12.4. The molecule has 9 nitrogen and oxygen atoms in total. The minimum absolute atomic E-state index is 0.0781. The molecule has 2 aromatic carbocycles. The van der Waals surface area contributed by atoms with Crippen molar-refractivity contribution in [2.45, 2.75) is 32.0 Å². The van der Waals surface area contributed by atoms with Crippen LogP contribution in [0.25, 0.3) is 11.1 Å². The van der Waals surface area contributed by atoms with Crippen molar-refractivity contribution in [3.05, 3.63) is 70.4 Å². The van der Waals surface area contributed by atoms with Crippen molar-refractivity contribution in [1.29, 1.82) is 0 Å². The van der Waals surface area contributed by atoms with Gasteiger partial charge in [-0.25, -0.2) is 4.79 Å². The molecular weight excluding hydrogens is 536 g/mol. The van der Waals surface area contributed by atoms with Gasteiger partial charge in [-0.2, -0.15) is 0 Å². The summed E-state index contributed by atoms with van der Waals surface area (Å²) in [6, 6.07) is 13.3. The van der Waals surface area contributed by atoms with Gasteiger partial charge in [0.2, 0.25) is 5.91 Å². The number of hydrogen-bond donors (Lipinski definition) is 1. The first-order chi connectivity index (χ1) is 18.7. The van der Waals surface area contributed by atoms with Gasteiger partial charge >= 0.3 is 5.97 Å². The van der Waals surface area contributed by atoms with E-state index in [0.717, 1.165) is 16.9 Å². The second-order valence-corrected chi connectivity index (χ2v) is 10.6. The molecule has 1 atom stereocenters. The number of thiophene rings is 1. The number of rotatable bonds is 10. The first-order valence-corrected chi connectivity index (χ1v) is 14.0. The molecule has 1 unspecified atom stereocenters. The van der Waals surface area contributed by atoms with E-state index in [1.165, 1.54) is 35.8 Å². The zero-order valence-electron chi connectivity index (χ0n) is 22.6. The molecule has 39 heavy (non-hydrogen) atoms. The number of anilines is 1. The van der Waals surface area contributed by atoms with Gasteiger partial charge in [0.15, 0.2) is 17.1 Å². The molecule has 0 saturated carbocycles. The zero-order chi connectivity index (χ0) is 28.1. The molecule has 0 bridgehead atoms. The van der Waals surface area contributed by atoms with E-state index < -0.39 is 5.97 Å². The minimum atomic E-state index is -0.527. The van der Waals surface area contributed by atoms with Gasteiger partial charge in [-0.15, -0.1) is 21.5 Å². The van der Waals surface area contributed by atoms with Gasteiger partial charge in [-0.3, -0.25) is 4.79 Å². The summed E-state index contributed by atoms with van der Waals surface area (Å²) < 4.78 is 18.1. The third kappa shape index (κ3) is 6.43. The number of carbonyl (C=O) groups is 2. The number of ether oxygens (including phenoxy) is 3. The predicted molar refractivity (Wildman–Crippen MR) is 153 cm³/mol. The first-order valence-electron chi connectivity index (χ1n) is 12.1. The standard InChI is InChI=1S/C28H30N4O5S2/c1-16-7-10-21(13-17(16)2)37-18(3)25-30-31-28(32(25)4)39-15-23(33)29-26-24(27(34)36-6)22(14-38-26)19-8-11-20(35-5)12-9-19/h7-14,18H,15H2,1-6H3,(H,29,33). The Balaban J connectivity index is 1.42. The van der Waals surface area contributed by atoms with Crippen LogP contribution in [0.1, 0.15) is 40.3 Å². The number of aromatic nitrogens is 3. The van der Waals surface area contributed by atoms with Crippen LogP contribution in [-0.2, 0) is 16.6 Å². The van der Waals surface area contributed by atoms with E-state index in [1.807, 2.05) is 73.3 Å². The van der Waals surface area contributed by atoms with Gasteiger partial charge in [0.1, 0.15) is 22.1 Å². The molecule has 0 fully saturated rings. The zero-order valence-corrected chi connectivity index (χ0v) is 24.2. The van der Waals surface area contributed by atoms with Crippen LogP contribution in [0.5, 0.6) is 11.5 Å². The molecule has 0 spiro atoms.